The smallest absolute Gasteiger partial charge is 0.343 e. The maximum absolute atomic E-state index is 12.4. The molecule has 9 heteroatoms. The minimum Gasteiger partial charge on any atom is -0.343 e. The summed E-state index contributed by atoms with van der Waals surface area (Å²) in [5.41, 5.74) is 0.552. The van der Waals surface area contributed by atoms with Crippen LogP contribution in [0.5, 0.6) is 0 Å². The standard InChI is InChI=1S/C16H15F3N2O3S/c1-11-6-8-12(9-7-11)25(23,24)21-14-5-3-2-4-13(14)15(22)20-10-16(17,18)19/h2-9,21H,10H2,1H3,(H,20,22). The van der Waals surface area contributed by atoms with Crippen LogP contribution in [0.3, 0.4) is 0 Å². The van der Waals surface area contributed by atoms with E-state index < -0.39 is 28.7 Å². The predicted octanol–water partition coefficient (Wildman–Crippen LogP) is 3.09. The maximum Gasteiger partial charge on any atom is 0.405 e. The fourth-order valence-corrected chi connectivity index (χ4v) is 3.05. The lowest BCUT2D eigenvalue weighted by Gasteiger charge is -2.13. The van der Waals surface area contributed by atoms with Crippen molar-refractivity contribution in [2.24, 2.45) is 0 Å². The summed E-state index contributed by atoms with van der Waals surface area (Å²) >= 11 is 0. The van der Waals surface area contributed by atoms with Gasteiger partial charge in [0.1, 0.15) is 6.54 Å². The Hall–Kier alpha value is -2.55. The molecule has 134 valence electrons. The number of amides is 1. The number of halogens is 3. The number of alkyl halides is 3. The van der Waals surface area contributed by atoms with Gasteiger partial charge >= 0.3 is 6.18 Å². The summed E-state index contributed by atoms with van der Waals surface area (Å²) in [6, 6.07) is 11.4. The normalized spacial score (nSPS) is 11.8. The fraction of sp³-hybridized carbons (Fsp3) is 0.188. The molecule has 0 atom stereocenters. The molecule has 25 heavy (non-hydrogen) atoms. The minimum atomic E-state index is -4.56. The molecule has 0 aliphatic heterocycles. The quantitative estimate of drug-likeness (QED) is 0.847. The van der Waals surface area contributed by atoms with Crippen LogP contribution in [-0.4, -0.2) is 27.0 Å². The zero-order valence-corrected chi connectivity index (χ0v) is 13.9. The lowest BCUT2D eigenvalue weighted by molar-refractivity contribution is -0.123. The first-order valence-electron chi connectivity index (χ1n) is 7.12. The van der Waals surface area contributed by atoms with Crippen LogP contribution in [0.25, 0.3) is 0 Å². The van der Waals surface area contributed by atoms with Crippen LogP contribution in [0.1, 0.15) is 15.9 Å². The largest absolute Gasteiger partial charge is 0.405 e. The van der Waals surface area contributed by atoms with Gasteiger partial charge in [-0.05, 0) is 31.2 Å². The van der Waals surface area contributed by atoms with E-state index in [1.165, 1.54) is 36.4 Å². The Bertz CT molecular complexity index is 863. The SMILES string of the molecule is Cc1ccc(S(=O)(=O)Nc2ccccc2C(=O)NCC(F)(F)F)cc1. The molecular formula is C16H15F3N2O3S. The second kappa shape index (κ2) is 7.14. The number of carbonyl (C=O) groups is 1. The second-order valence-corrected chi connectivity index (χ2v) is 6.94. The molecule has 0 aliphatic rings. The van der Waals surface area contributed by atoms with Gasteiger partial charge in [-0.1, -0.05) is 29.8 Å². The Morgan fingerprint density at radius 2 is 1.64 bits per heavy atom. The molecular weight excluding hydrogens is 357 g/mol. The average molecular weight is 372 g/mol. The number of benzene rings is 2. The third kappa shape index (κ3) is 5.21. The van der Waals surface area contributed by atoms with Gasteiger partial charge in [-0.2, -0.15) is 13.2 Å². The van der Waals surface area contributed by atoms with E-state index in [4.69, 9.17) is 0 Å². The minimum absolute atomic E-state index is 0.0244. The van der Waals surface area contributed by atoms with Crippen molar-refractivity contribution >= 4 is 21.6 Å². The van der Waals surface area contributed by atoms with Gasteiger partial charge in [0.2, 0.25) is 0 Å². The van der Waals surface area contributed by atoms with E-state index in [9.17, 15) is 26.4 Å². The lowest BCUT2D eigenvalue weighted by atomic mass is 10.1. The van der Waals surface area contributed by atoms with Gasteiger partial charge < -0.3 is 5.32 Å². The zero-order chi connectivity index (χ0) is 18.7. The Morgan fingerprint density at radius 1 is 1.04 bits per heavy atom. The highest BCUT2D eigenvalue weighted by Crippen LogP contribution is 2.21. The van der Waals surface area contributed by atoms with Crippen molar-refractivity contribution in [2.75, 3.05) is 11.3 Å². The Labute approximate surface area is 142 Å². The van der Waals surface area contributed by atoms with Crippen LogP contribution in [0.4, 0.5) is 18.9 Å². The van der Waals surface area contributed by atoms with Gasteiger partial charge in [-0.3, -0.25) is 9.52 Å². The van der Waals surface area contributed by atoms with Gasteiger partial charge in [-0.15, -0.1) is 0 Å². The Morgan fingerprint density at radius 3 is 2.24 bits per heavy atom. The molecule has 0 bridgehead atoms. The third-order valence-electron chi connectivity index (χ3n) is 3.20. The number of para-hydroxylation sites is 1. The van der Waals surface area contributed by atoms with Crippen LogP contribution >= 0.6 is 0 Å². The molecule has 2 aromatic rings. The molecule has 2 aromatic carbocycles. The Balaban J connectivity index is 2.25. The Kier molecular flexibility index (Phi) is 5.36. The molecule has 0 aliphatic carbocycles. The van der Waals surface area contributed by atoms with E-state index >= 15 is 0 Å². The van der Waals surface area contributed by atoms with Crippen molar-refractivity contribution in [1.29, 1.82) is 0 Å². The average Bonchev–Trinajstić information content (AvgIpc) is 2.52. The van der Waals surface area contributed by atoms with Crippen LogP contribution < -0.4 is 10.0 Å². The molecule has 0 aromatic heterocycles. The first-order valence-corrected chi connectivity index (χ1v) is 8.60. The topological polar surface area (TPSA) is 75.3 Å². The van der Waals surface area contributed by atoms with Crippen molar-refractivity contribution in [2.45, 2.75) is 18.0 Å². The van der Waals surface area contributed by atoms with Gasteiger partial charge in [0.15, 0.2) is 0 Å². The fourth-order valence-electron chi connectivity index (χ4n) is 1.97. The zero-order valence-electron chi connectivity index (χ0n) is 13.1. The maximum atomic E-state index is 12.4. The summed E-state index contributed by atoms with van der Waals surface area (Å²) in [7, 11) is -3.98. The molecule has 0 unspecified atom stereocenters. The monoisotopic (exact) mass is 372 g/mol. The first-order chi connectivity index (χ1) is 11.6. The molecule has 2 rings (SSSR count). The molecule has 0 saturated heterocycles. The number of nitrogens with one attached hydrogen (secondary N) is 2. The molecule has 0 heterocycles. The summed E-state index contributed by atoms with van der Waals surface area (Å²) in [4.78, 5) is 11.9. The van der Waals surface area contributed by atoms with E-state index in [1.54, 1.807) is 24.4 Å². The van der Waals surface area contributed by atoms with Gasteiger partial charge in [-0.25, -0.2) is 8.42 Å². The van der Waals surface area contributed by atoms with Crippen LogP contribution in [0.2, 0.25) is 0 Å². The van der Waals surface area contributed by atoms with Crippen molar-refractivity contribution < 1.29 is 26.4 Å². The van der Waals surface area contributed by atoms with Crippen LogP contribution in [0.15, 0.2) is 53.4 Å². The van der Waals surface area contributed by atoms with Crippen molar-refractivity contribution in [3.63, 3.8) is 0 Å². The molecule has 0 saturated carbocycles. The van der Waals surface area contributed by atoms with Gasteiger partial charge in [0.05, 0.1) is 16.1 Å². The summed E-state index contributed by atoms with van der Waals surface area (Å²) in [6.45, 7) is 0.287. The van der Waals surface area contributed by atoms with Gasteiger partial charge in [0.25, 0.3) is 15.9 Å². The molecule has 2 N–H and O–H groups in total. The lowest BCUT2D eigenvalue weighted by Crippen LogP contribution is -2.34. The number of carbonyl (C=O) groups excluding carboxylic acids is 1. The van der Waals surface area contributed by atoms with E-state index in [0.29, 0.717) is 0 Å². The van der Waals surface area contributed by atoms with E-state index in [0.717, 1.165) is 5.56 Å². The van der Waals surface area contributed by atoms with Crippen LogP contribution in [-0.2, 0) is 10.0 Å². The number of sulfonamides is 1. The number of anilines is 1. The summed E-state index contributed by atoms with van der Waals surface area (Å²) in [5, 5.41) is 1.71. The highest BCUT2D eigenvalue weighted by atomic mass is 32.2. The molecule has 0 spiro atoms. The van der Waals surface area contributed by atoms with Crippen molar-refractivity contribution in [1.82, 2.24) is 5.32 Å². The predicted molar refractivity (Wildman–Crippen MR) is 86.8 cm³/mol. The highest BCUT2D eigenvalue weighted by molar-refractivity contribution is 7.92. The number of rotatable bonds is 5. The summed E-state index contributed by atoms with van der Waals surface area (Å²) < 4.78 is 63.7. The van der Waals surface area contributed by atoms with E-state index in [-0.39, 0.29) is 16.1 Å². The van der Waals surface area contributed by atoms with Crippen molar-refractivity contribution in [3.8, 4) is 0 Å². The highest BCUT2D eigenvalue weighted by Gasteiger charge is 2.28. The summed E-state index contributed by atoms with van der Waals surface area (Å²) in [6.07, 6.45) is -4.56. The van der Waals surface area contributed by atoms with E-state index in [1.807, 2.05) is 0 Å². The summed E-state index contributed by atoms with van der Waals surface area (Å²) in [5.74, 6) is -1.03. The first kappa shape index (κ1) is 18.8. The number of hydrogen-bond acceptors (Lipinski definition) is 3. The molecule has 1 amide bonds. The van der Waals surface area contributed by atoms with Crippen LogP contribution in [0, 0.1) is 6.92 Å². The molecule has 5 nitrogen and oxygen atoms in total. The number of aryl methyl sites for hydroxylation is 1. The van der Waals surface area contributed by atoms with Crippen molar-refractivity contribution in [3.05, 3.63) is 59.7 Å². The second-order valence-electron chi connectivity index (χ2n) is 5.26. The van der Waals surface area contributed by atoms with Gasteiger partial charge in [0, 0.05) is 0 Å². The number of hydrogen-bond donors (Lipinski definition) is 2. The molecule has 0 fully saturated rings. The van der Waals surface area contributed by atoms with E-state index in [2.05, 4.69) is 4.72 Å². The molecule has 0 radical (unpaired) electrons. The third-order valence-corrected chi connectivity index (χ3v) is 4.58.